The van der Waals surface area contributed by atoms with Crippen LogP contribution < -0.4 is 5.32 Å². The molecule has 2 atom stereocenters. The molecule has 0 aromatic heterocycles. The predicted octanol–water partition coefficient (Wildman–Crippen LogP) is 1.56. The monoisotopic (exact) mass is 200 g/mol. The zero-order chi connectivity index (χ0) is 9.97. The summed E-state index contributed by atoms with van der Waals surface area (Å²) in [5.41, 5.74) is 0. The number of alkyl halides is 1. The number of halogens is 1. The normalized spacial score (nSPS) is 36.4. The van der Waals surface area contributed by atoms with Gasteiger partial charge >= 0.3 is 0 Å². The van der Waals surface area contributed by atoms with Crippen molar-refractivity contribution in [1.82, 2.24) is 10.2 Å². The van der Waals surface area contributed by atoms with Gasteiger partial charge in [-0.05, 0) is 52.2 Å². The lowest BCUT2D eigenvalue weighted by Gasteiger charge is -2.32. The molecule has 2 rings (SSSR count). The molecule has 1 saturated carbocycles. The maximum atomic E-state index is 13.3. The molecular weight excluding hydrogens is 179 g/mol. The SMILES string of the molecule is CN1CCC(N[C@H]2CCC[C@H]2F)CC1. The fourth-order valence-corrected chi connectivity index (χ4v) is 2.58. The van der Waals surface area contributed by atoms with Crippen LogP contribution in [0.2, 0.25) is 0 Å². The molecule has 0 spiro atoms. The molecule has 2 aliphatic rings. The van der Waals surface area contributed by atoms with E-state index in [0.717, 1.165) is 32.4 Å². The van der Waals surface area contributed by atoms with Gasteiger partial charge < -0.3 is 10.2 Å². The van der Waals surface area contributed by atoms with Crippen LogP contribution in [0.4, 0.5) is 4.39 Å². The van der Waals surface area contributed by atoms with Gasteiger partial charge in [0.05, 0.1) is 0 Å². The van der Waals surface area contributed by atoms with Gasteiger partial charge in [-0.25, -0.2) is 4.39 Å². The molecule has 14 heavy (non-hydrogen) atoms. The van der Waals surface area contributed by atoms with Gasteiger partial charge in [-0.3, -0.25) is 0 Å². The minimum Gasteiger partial charge on any atom is -0.308 e. The first-order valence-corrected chi connectivity index (χ1v) is 5.84. The largest absolute Gasteiger partial charge is 0.308 e. The van der Waals surface area contributed by atoms with Crippen molar-refractivity contribution in [2.75, 3.05) is 20.1 Å². The highest BCUT2D eigenvalue weighted by molar-refractivity contribution is 4.87. The lowest BCUT2D eigenvalue weighted by atomic mass is 10.0. The minimum atomic E-state index is -0.588. The molecule has 0 aromatic rings. The summed E-state index contributed by atoms with van der Waals surface area (Å²) in [7, 11) is 2.16. The highest BCUT2D eigenvalue weighted by Gasteiger charge is 2.29. The molecule has 1 aliphatic carbocycles. The number of hydrogen-bond donors (Lipinski definition) is 1. The van der Waals surface area contributed by atoms with E-state index in [9.17, 15) is 4.39 Å². The summed E-state index contributed by atoms with van der Waals surface area (Å²) in [6, 6.07) is 0.718. The summed E-state index contributed by atoms with van der Waals surface area (Å²) in [6.45, 7) is 2.31. The van der Waals surface area contributed by atoms with Crippen LogP contribution >= 0.6 is 0 Å². The molecule has 0 bridgehead atoms. The van der Waals surface area contributed by atoms with Crippen molar-refractivity contribution >= 4 is 0 Å². The van der Waals surface area contributed by atoms with Crippen molar-refractivity contribution in [3.05, 3.63) is 0 Å². The van der Waals surface area contributed by atoms with Gasteiger partial charge in [0.15, 0.2) is 0 Å². The molecule has 0 unspecified atom stereocenters. The molecular formula is C11H21FN2. The minimum absolute atomic E-state index is 0.156. The molecule has 1 N–H and O–H groups in total. The quantitative estimate of drug-likeness (QED) is 0.727. The number of likely N-dealkylation sites (tertiary alicyclic amines) is 1. The fraction of sp³-hybridized carbons (Fsp3) is 1.00. The predicted molar refractivity (Wildman–Crippen MR) is 56.2 cm³/mol. The van der Waals surface area contributed by atoms with Crippen LogP contribution in [0.15, 0.2) is 0 Å². The Hall–Kier alpha value is -0.150. The molecule has 82 valence electrons. The Balaban J connectivity index is 1.74. The van der Waals surface area contributed by atoms with Crippen molar-refractivity contribution in [1.29, 1.82) is 0 Å². The van der Waals surface area contributed by atoms with Crippen LogP contribution in [0.1, 0.15) is 32.1 Å². The van der Waals surface area contributed by atoms with Crippen LogP contribution in [0.25, 0.3) is 0 Å². The summed E-state index contributed by atoms with van der Waals surface area (Å²) in [5.74, 6) is 0. The maximum Gasteiger partial charge on any atom is 0.115 e. The van der Waals surface area contributed by atoms with Crippen LogP contribution in [-0.4, -0.2) is 43.3 Å². The highest BCUT2D eigenvalue weighted by atomic mass is 19.1. The van der Waals surface area contributed by atoms with Crippen molar-refractivity contribution < 1.29 is 4.39 Å². The molecule has 0 aromatic carbocycles. The number of hydrogen-bond acceptors (Lipinski definition) is 2. The summed E-state index contributed by atoms with van der Waals surface area (Å²) < 4.78 is 13.3. The Morgan fingerprint density at radius 1 is 1.14 bits per heavy atom. The van der Waals surface area contributed by atoms with Gasteiger partial charge in [0, 0.05) is 12.1 Å². The second kappa shape index (κ2) is 4.58. The van der Waals surface area contributed by atoms with Gasteiger partial charge in [0.1, 0.15) is 6.17 Å². The van der Waals surface area contributed by atoms with E-state index in [1.807, 2.05) is 0 Å². The zero-order valence-corrected chi connectivity index (χ0v) is 9.01. The van der Waals surface area contributed by atoms with Gasteiger partial charge in [0.2, 0.25) is 0 Å². The standard InChI is InChI=1S/C11H21FN2/c1-14-7-5-9(6-8-14)13-11-4-2-3-10(11)12/h9-11,13H,2-8H2,1H3/t10-,11+/m1/s1. The van der Waals surface area contributed by atoms with Gasteiger partial charge in [-0.15, -0.1) is 0 Å². The Bertz CT molecular complexity index is 178. The van der Waals surface area contributed by atoms with Gasteiger partial charge in [-0.2, -0.15) is 0 Å². The average molecular weight is 200 g/mol. The molecule has 2 fully saturated rings. The summed E-state index contributed by atoms with van der Waals surface area (Å²) >= 11 is 0. The molecule has 0 amide bonds. The second-order valence-corrected chi connectivity index (χ2v) is 4.80. The van der Waals surface area contributed by atoms with E-state index in [0.29, 0.717) is 6.04 Å². The molecule has 2 nitrogen and oxygen atoms in total. The van der Waals surface area contributed by atoms with E-state index >= 15 is 0 Å². The first kappa shape index (κ1) is 10.4. The zero-order valence-electron chi connectivity index (χ0n) is 9.01. The Kier molecular flexibility index (Phi) is 3.39. The van der Waals surface area contributed by atoms with Gasteiger partial charge in [-0.1, -0.05) is 0 Å². The Morgan fingerprint density at radius 3 is 2.43 bits per heavy atom. The molecule has 1 aliphatic heterocycles. The van der Waals surface area contributed by atoms with E-state index < -0.39 is 6.17 Å². The van der Waals surface area contributed by atoms with Crippen molar-refractivity contribution in [3.8, 4) is 0 Å². The highest BCUT2D eigenvalue weighted by Crippen LogP contribution is 2.23. The molecule has 0 radical (unpaired) electrons. The van der Waals surface area contributed by atoms with Crippen molar-refractivity contribution in [2.24, 2.45) is 0 Å². The Morgan fingerprint density at radius 2 is 1.86 bits per heavy atom. The third-order valence-electron chi connectivity index (χ3n) is 3.60. The Labute approximate surface area is 85.9 Å². The molecule has 1 saturated heterocycles. The third-order valence-corrected chi connectivity index (χ3v) is 3.60. The van der Waals surface area contributed by atoms with E-state index in [4.69, 9.17) is 0 Å². The fourth-order valence-electron chi connectivity index (χ4n) is 2.58. The smallest absolute Gasteiger partial charge is 0.115 e. The third kappa shape index (κ3) is 2.45. The molecule has 1 heterocycles. The second-order valence-electron chi connectivity index (χ2n) is 4.80. The van der Waals surface area contributed by atoms with Crippen LogP contribution in [0.3, 0.4) is 0 Å². The summed E-state index contributed by atoms with van der Waals surface area (Å²) in [5, 5.41) is 3.49. The molecule has 3 heteroatoms. The lowest BCUT2D eigenvalue weighted by Crippen LogP contribution is -2.46. The number of nitrogens with one attached hydrogen (secondary N) is 1. The van der Waals surface area contributed by atoms with Crippen molar-refractivity contribution in [3.63, 3.8) is 0 Å². The number of nitrogens with zero attached hydrogens (tertiary/aromatic N) is 1. The van der Waals surface area contributed by atoms with Crippen LogP contribution in [0, 0.1) is 0 Å². The number of rotatable bonds is 2. The van der Waals surface area contributed by atoms with E-state index in [1.165, 1.54) is 12.8 Å². The maximum absolute atomic E-state index is 13.3. The first-order chi connectivity index (χ1) is 6.75. The van der Waals surface area contributed by atoms with Crippen LogP contribution in [0.5, 0.6) is 0 Å². The number of piperidine rings is 1. The summed E-state index contributed by atoms with van der Waals surface area (Å²) in [6.07, 6.45) is 4.64. The topological polar surface area (TPSA) is 15.3 Å². The lowest BCUT2D eigenvalue weighted by molar-refractivity contribution is 0.200. The van der Waals surface area contributed by atoms with Crippen LogP contribution in [-0.2, 0) is 0 Å². The average Bonchev–Trinajstić information content (AvgIpc) is 2.56. The first-order valence-electron chi connectivity index (χ1n) is 5.84. The van der Waals surface area contributed by atoms with E-state index in [1.54, 1.807) is 0 Å². The van der Waals surface area contributed by atoms with Crippen molar-refractivity contribution in [2.45, 2.75) is 50.4 Å². The van der Waals surface area contributed by atoms with E-state index in [-0.39, 0.29) is 6.04 Å². The van der Waals surface area contributed by atoms with Gasteiger partial charge in [0.25, 0.3) is 0 Å². The van der Waals surface area contributed by atoms with E-state index in [2.05, 4.69) is 17.3 Å². The summed E-state index contributed by atoms with van der Waals surface area (Å²) in [4.78, 5) is 2.35.